The molecule has 0 aliphatic carbocycles. The van der Waals surface area contributed by atoms with Crippen molar-refractivity contribution in [1.82, 2.24) is 19.8 Å². The second-order valence-corrected chi connectivity index (χ2v) is 5.68. The molecular formula is C13H13N5O2S. The molecule has 1 aromatic carbocycles. The van der Waals surface area contributed by atoms with Gasteiger partial charge in [0.15, 0.2) is 5.82 Å². The van der Waals surface area contributed by atoms with Gasteiger partial charge in [0, 0.05) is 23.6 Å². The van der Waals surface area contributed by atoms with E-state index in [2.05, 4.69) is 22.2 Å². The lowest BCUT2D eigenvalue weighted by atomic mass is 10.1. The third-order valence-electron chi connectivity index (χ3n) is 3.17. The molecule has 0 saturated heterocycles. The summed E-state index contributed by atoms with van der Waals surface area (Å²) in [6.45, 7) is 3.80. The predicted molar refractivity (Wildman–Crippen MR) is 79.5 cm³/mol. The van der Waals surface area contributed by atoms with Crippen molar-refractivity contribution in [1.29, 1.82) is 0 Å². The average molecular weight is 303 g/mol. The number of aryl methyl sites for hydroxylation is 2. The number of fused-ring (bicyclic) bond motifs is 1. The second-order valence-electron chi connectivity index (χ2n) is 4.73. The molecule has 0 N–H and O–H groups in total. The minimum absolute atomic E-state index is 0.119. The van der Waals surface area contributed by atoms with E-state index in [1.807, 2.05) is 0 Å². The van der Waals surface area contributed by atoms with Crippen LogP contribution in [0.15, 0.2) is 18.2 Å². The van der Waals surface area contributed by atoms with E-state index in [0.717, 1.165) is 34.2 Å². The van der Waals surface area contributed by atoms with Crippen molar-refractivity contribution >= 4 is 22.0 Å². The molecule has 3 rings (SSSR count). The molecule has 3 aromatic rings. The van der Waals surface area contributed by atoms with Gasteiger partial charge in [-0.3, -0.25) is 10.1 Å². The fourth-order valence-electron chi connectivity index (χ4n) is 2.15. The summed E-state index contributed by atoms with van der Waals surface area (Å²) < 4.78 is 1.75. The Morgan fingerprint density at radius 2 is 2.19 bits per heavy atom. The first-order valence-electron chi connectivity index (χ1n) is 6.56. The Morgan fingerprint density at radius 3 is 2.86 bits per heavy atom. The summed E-state index contributed by atoms with van der Waals surface area (Å²) >= 11 is 1.43. The molecule has 0 fully saturated rings. The molecule has 8 heteroatoms. The largest absolute Gasteiger partial charge is 0.272 e. The Kier molecular flexibility index (Phi) is 3.38. The first kappa shape index (κ1) is 13.6. The molecule has 0 spiro atoms. The van der Waals surface area contributed by atoms with Crippen LogP contribution < -0.4 is 0 Å². The molecule has 0 amide bonds. The van der Waals surface area contributed by atoms with Crippen molar-refractivity contribution in [2.24, 2.45) is 0 Å². The summed E-state index contributed by atoms with van der Waals surface area (Å²) in [6, 6.07) is 5.01. The number of hydrogen-bond donors (Lipinski definition) is 0. The minimum Gasteiger partial charge on any atom is -0.258 e. The van der Waals surface area contributed by atoms with Gasteiger partial charge < -0.3 is 0 Å². The van der Waals surface area contributed by atoms with Crippen molar-refractivity contribution in [2.45, 2.75) is 26.7 Å². The van der Waals surface area contributed by atoms with Crippen LogP contribution in [-0.4, -0.2) is 24.7 Å². The van der Waals surface area contributed by atoms with Crippen LogP contribution in [0.3, 0.4) is 0 Å². The van der Waals surface area contributed by atoms with Gasteiger partial charge in [0.25, 0.3) is 5.69 Å². The molecule has 0 atom stereocenters. The van der Waals surface area contributed by atoms with E-state index < -0.39 is 0 Å². The van der Waals surface area contributed by atoms with Crippen molar-refractivity contribution in [3.63, 3.8) is 0 Å². The smallest absolute Gasteiger partial charge is 0.258 e. The van der Waals surface area contributed by atoms with Gasteiger partial charge in [-0.15, -0.1) is 10.2 Å². The average Bonchev–Trinajstić information content (AvgIpc) is 3.00. The van der Waals surface area contributed by atoms with Crippen molar-refractivity contribution in [2.75, 3.05) is 0 Å². The standard InChI is InChI=1S/C13H13N5O2S/c1-3-4-11-14-15-13-17(11)16-12(21-13)9-5-6-10(18(19)20)8(2)7-9/h5-7H,3-4H2,1-2H3. The zero-order valence-corrected chi connectivity index (χ0v) is 12.4. The number of aromatic nitrogens is 4. The number of nitro benzene ring substituents is 1. The number of hydrogen-bond acceptors (Lipinski definition) is 6. The quantitative estimate of drug-likeness (QED) is 0.546. The van der Waals surface area contributed by atoms with Crippen LogP contribution in [0.25, 0.3) is 15.5 Å². The zero-order valence-electron chi connectivity index (χ0n) is 11.6. The summed E-state index contributed by atoms with van der Waals surface area (Å²) in [5.74, 6) is 0.841. The summed E-state index contributed by atoms with van der Waals surface area (Å²) in [4.78, 5) is 11.2. The molecule has 0 bridgehead atoms. The fourth-order valence-corrected chi connectivity index (χ4v) is 3.00. The highest BCUT2D eigenvalue weighted by Gasteiger charge is 2.15. The highest BCUT2D eigenvalue weighted by atomic mass is 32.1. The monoisotopic (exact) mass is 303 g/mol. The Labute approximate surface area is 124 Å². The minimum atomic E-state index is -0.378. The molecule has 0 saturated carbocycles. The van der Waals surface area contributed by atoms with Crippen LogP contribution in [0, 0.1) is 17.0 Å². The molecule has 0 aliphatic heterocycles. The number of rotatable bonds is 4. The number of nitro groups is 1. The molecule has 7 nitrogen and oxygen atoms in total. The van der Waals surface area contributed by atoms with E-state index in [9.17, 15) is 10.1 Å². The highest BCUT2D eigenvalue weighted by molar-refractivity contribution is 7.19. The molecule has 0 aliphatic rings. The van der Waals surface area contributed by atoms with E-state index in [1.165, 1.54) is 17.4 Å². The Bertz CT molecular complexity index is 823. The predicted octanol–water partition coefficient (Wildman–Crippen LogP) is 3.02. The normalized spacial score (nSPS) is 11.1. The van der Waals surface area contributed by atoms with Crippen LogP contribution in [0.4, 0.5) is 5.69 Å². The lowest BCUT2D eigenvalue weighted by Crippen LogP contribution is -1.95. The van der Waals surface area contributed by atoms with Gasteiger partial charge in [-0.25, -0.2) is 0 Å². The maximum Gasteiger partial charge on any atom is 0.272 e. The summed E-state index contributed by atoms with van der Waals surface area (Å²) in [7, 11) is 0. The molecule has 2 aromatic heterocycles. The van der Waals surface area contributed by atoms with Gasteiger partial charge in [-0.2, -0.15) is 9.61 Å². The van der Waals surface area contributed by atoms with E-state index in [0.29, 0.717) is 5.56 Å². The van der Waals surface area contributed by atoms with Crippen LogP contribution in [0.2, 0.25) is 0 Å². The molecule has 21 heavy (non-hydrogen) atoms. The summed E-state index contributed by atoms with van der Waals surface area (Å²) in [5, 5.41) is 24.4. The van der Waals surface area contributed by atoms with E-state index in [4.69, 9.17) is 0 Å². The van der Waals surface area contributed by atoms with Gasteiger partial charge in [0.05, 0.1) is 4.92 Å². The first-order valence-corrected chi connectivity index (χ1v) is 7.38. The Hall–Kier alpha value is -2.35. The second kappa shape index (κ2) is 5.21. The van der Waals surface area contributed by atoms with Crippen LogP contribution in [0.1, 0.15) is 24.7 Å². The fraction of sp³-hybridized carbons (Fsp3) is 0.308. The SMILES string of the molecule is CCCc1nnc2sc(-c3ccc([N+](=O)[O-])c(C)c3)nn12. The number of nitrogens with zero attached hydrogens (tertiary/aromatic N) is 5. The molecule has 108 valence electrons. The third kappa shape index (κ3) is 2.38. The Morgan fingerprint density at radius 1 is 1.38 bits per heavy atom. The maximum atomic E-state index is 10.9. The van der Waals surface area contributed by atoms with Crippen LogP contribution >= 0.6 is 11.3 Å². The summed E-state index contributed by atoms with van der Waals surface area (Å²) in [6.07, 6.45) is 1.80. The van der Waals surface area contributed by atoms with Gasteiger partial charge in [0.2, 0.25) is 4.96 Å². The Balaban J connectivity index is 2.04. The number of benzene rings is 1. The van der Waals surface area contributed by atoms with Gasteiger partial charge in [-0.05, 0) is 25.5 Å². The molecular weight excluding hydrogens is 290 g/mol. The van der Waals surface area contributed by atoms with Gasteiger partial charge in [-0.1, -0.05) is 18.3 Å². The van der Waals surface area contributed by atoms with Crippen molar-refractivity contribution < 1.29 is 4.92 Å². The molecule has 0 radical (unpaired) electrons. The molecule has 0 unspecified atom stereocenters. The first-order chi connectivity index (χ1) is 10.1. The molecule has 2 heterocycles. The van der Waals surface area contributed by atoms with Gasteiger partial charge in [0.1, 0.15) is 5.01 Å². The highest BCUT2D eigenvalue weighted by Crippen LogP contribution is 2.29. The summed E-state index contributed by atoms with van der Waals surface area (Å²) in [5.41, 5.74) is 1.60. The van der Waals surface area contributed by atoms with E-state index >= 15 is 0 Å². The van der Waals surface area contributed by atoms with Crippen LogP contribution in [0.5, 0.6) is 0 Å². The maximum absolute atomic E-state index is 10.9. The van der Waals surface area contributed by atoms with E-state index in [-0.39, 0.29) is 10.6 Å². The van der Waals surface area contributed by atoms with Crippen LogP contribution in [-0.2, 0) is 6.42 Å². The zero-order chi connectivity index (χ0) is 15.0. The van der Waals surface area contributed by atoms with Crippen molar-refractivity contribution in [3.8, 4) is 10.6 Å². The third-order valence-corrected chi connectivity index (χ3v) is 4.12. The van der Waals surface area contributed by atoms with Crippen molar-refractivity contribution in [3.05, 3.63) is 39.7 Å². The topological polar surface area (TPSA) is 86.2 Å². The lowest BCUT2D eigenvalue weighted by Gasteiger charge is -1.99. The lowest BCUT2D eigenvalue weighted by molar-refractivity contribution is -0.385. The van der Waals surface area contributed by atoms with Gasteiger partial charge >= 0.3 is 0 Å². The van der Waals surface area contributed by atoms with E-state index in [1.54, 1.807) is 23.6 Å².